The fourth-order valence-corrected chi connectivity index (χ4v) is 1.86. The molecule has 0 bridgehead atoms. The zero-order valence-corrected chi connectivity index (χ0v) is 10.1. The Kier molecular flexibility index (Phi) is 9.02. The van der Waals surface area contributed by atoms with Crippen molar-refractivity contribution in [2.75, 3.05) is 0 Å². The fraction of sp³-hybridized carbons (Fsp3) is 0.923. The number of ketones is 1. The highest BCUT2D eigenvalue weighted by Crippen LogP contribution is 2.17. The van der Waals surface area contributed by atoms with Crippen LogP contribution in [0.3, 0.4) is 0 Å². The van der Waals surface area contributed by atoms with Gasteiger partial charge in [-0.05, 0) is 19.3 Å². The van der Waals surface area contributed by atoms with Crippen LogP contribution in [0.5, 0.6) is 0 Å². The van der Waals surface area contributed by atoms with E-state index in [2.05, 4.69) is 20.8 Å². The third-order valence-corrected chi connectivity index (χ3v) is 2.85. The first-order valence-electron chi connectivity index (χ1n) is 6.28. The summed E-state index contributed by atoms with van der Waals surface area (Å²) in [6.07, 6.45) is 9.07. The van der Waals surface area contributed by atoms with Gasteiger partial charge in [-0.15, -0.1) is 0 Å². The van der Waals surface area contributed by atoms with E-state index in [0.29, 0.717) is 11.7 Å². The third-order valence-electron chi connectivity index (χ3n) is 2.85. The molecular formula is C13H26O. The summed E-state index contributed by atoms with van der Waals surface area (Å²) in [7, 11) is 0. The van der Waals surface area contributed by atoms with Gasteiger partial charge in [0.15, 0.2) is 0 Å². The zero-order chi connectivity index (χ0) is 10.8. The van der Waals surface area contributed by atoms with Gasteiger partial charge in [-0.1, -0.05) is 46.5 Å². The molecule has 0 aromatic heterocycles. The first-order valence-corrected chi connectivity index (χ1v) is 6.28. The number of carbonyl (C=O) groups excluding carboxylic acids is 1. The topological polar surface area (TPSA) is 17.1 Å². The standard InChI is InChI=1S/C13H26O/c1-4-7-8-9-11-12(6-3)13(14)10-5-2/h12H,4-11H2,1-3H3. The molecular weight excluding hydrogens is 172 g/mol. The second-order valence-electron chi connectivity index (χ2n) is 4.17. The smallest absolute Gasteiger partial charge is 0.135 e. The van der Waals surface area contributed by atoms with E-state index in [9.17, 15) is 4.79 Å². The van der Waals surface area contributed by atoms with E-state index in [-0.39, 0.29) is 0 Å². The van der Waals surface area contributed by atoms with Gasteiger partial charge < -0.3 is 0 Å². The normalized spacial score (nSPS) is 12.8. The highest BCUT2D eigenvalue weighted by molar-refractivity contribution is 5.80. The van der Waals surface area contributed by atoms with Crippen LogP contribution in [0.2, 0.25) is 0 Å². The summed E-state index contributed by atoms with van der Waals surface area (Å²) >= 11 is 0. The minimum Gasteiger partial charge on any atom is -0.299 e. The van der Waals surface area contributed by atoms with Crippen LogP contribution in [0.15, 0.2) is 0 Å². The summed E-state index contributed by atoms with van der Waals surface area (Å²) in [6.45, 7) is 6.44. The van der Waals surface area contributed by atoms with Gasteiger partial charge in [-0.25, -0.2) is 0 Å². The number of Topliss-reactive ketones (excluding diaryl/α,β-unsaturated/α-hetero) is 1. The lowest BCUT2D eigenvalue weighted by atomic mass is 9.92. The van der Waals surface area contributed by atoms with Gasteiger partial charge in [-0.2, -0.15) is 0 Å². The molecule has 0 aliphatic carbocycles. The Morgan fingerprint density at radius 1 is 1.00 bits per heavy atom. The Balaban J connectivity index is 3.62. The molecule has 0 saturated carbocycles. The second kappa shape index (κ2) is 9.23. The minimum absolute atomic E-state index is 0.354. The van der Waals surface area contributed by atoms with Gasteiger partial charge in [0, 0.05) is 12.3 Å². The Bertz CT molecular complexity index is 140. The predicted molar refractivity (Wildman–Crippen MR) is 62.5 cm³/mol. The summed E-state index contributed by atoms with van der Waals surface area (Å²) in [4.78, 5) is 11.6. The molecule has 0 heterocycles. The Morgan fingerprint density at radius 2 is 1.71 bits per heavy atom. The summed E-state index contributed by atoms with van der Waals surface area (Å²) in [5, 5.41) is 0. The van der Waals surface area contributed by atoms with E-state index < -0.39 is 0 Å². The molecule has 0 aromatic rings. The van der Waals surface area contributed by atoms with Crippen molar-refractivity contribution in [3.8, 4) is 0 Å². The van der Waals surface area contributed by atoms with Crippen molar-refractivity contribution < 1.29 is 4.79 Å². The quantitative estimate of drug-likeness (QED) is 0.503. The molecule has 0 aliphatic rings. The lowest BCUT2D eigenvalue weighted by Crippen LogP contribution is -2.13. The Hall–Kier alpha value is -0.330. The first-order chi connectivity index (χ1) is 6.76. The molecule has 0 spiro atoms. The molecule has 0 rings (SSSR count). The summed E-state index contributed by atoms with van der Waals surface area (Å²) in [5.74, 6) is 0.846. The van der Waals surface area contributed by atoms with Crippen molar-refractivity contribution in [3.05, 3.63) is 0 Å². The fourth-order valence-electron chi connectivity index (χ4n) is 1.86. The van der Waals surface area contributed by atoms with Crippen LogP contribution in [0.25, 0.3) is 0 Å². The van der Waals surface area contributed by atoms with Crippen molar-refractivity contribution in [1.82, 2.24) is 0 Å². The molecule has 0 saturated heterocycles. The van der Waals surface area contributed by atoms with Crippen LogP contribution >= 0.6 is 0 Å². The Labute approximate surface area is 89.3 Å². The van der Waals surface area contributed by atoms with Crippen molar-refractivity contribution in [2.45, 2.75) is 72.1 Å². The van der Waals surface area contributed by atoms with E-state index in [0.717, 1.165) is 25.7 Å². The highest BCUT2D eigenvalue weighted by Gasteiger charge is 2.14. The SMILES string of the molecule is CCCCCCC(CC)C(=O)CCC. The van der Waals surface area contributed by atoms with E-state index in [1.807, 2.05) is 0 Å². The van der Waals surface area contributed by atoms with Crippen LogP contribution in [0.4, 0.5) is 0 Å². The molecule has 0 aromatic carbocycles. The van der Waals surface area contributed by atoms with Crippen molar-refractivity contribution in [2.24, 2.45) is 5.92 Å². The van der Waals surface area contributed by atoms with Gasteiger partial charge in [0.25, 0.3) is 0 Å². The molecule has 0 radical (unpaired) electrons. The summed E-state index contributed by atoms with van der Waals surface area (Å²) in [5.41, 5.74) is 0. The first kappa shape index (κ1) is 13.7. The summed E-state index contributed by atoms with van der Waals surface area (Å²) in [6, 6.07) is 0. The number of rotatable bonds is 9. The van der Waals surface area contributed by atoms with Crippen molar-refractivity contribution >= 4 is 5.78 Å². The monoisotopic (exact) mass is 198 g/mol. The molecule has 0 aliphatic heterocycles. The number of hydrogen-bond acceptors (Lipinski definition) is 1. The summed E-state index contributed by atoms with van der Waals surface area (Å²) < 4.78 is 0. The lowest BCUT2D eigenvalue weighted by Gasteiger charge is -2.12. The molecule has 1 heteroatoms. The molecule has 84 valence electrons. The molecule has 1 unspecified atom stereocenters. The maximum atomic E-state index is 11.6. The number of hydrogen-bond donors (Lipinski definition) is 0. The van der Waals surface area contributed by atoms with Gasteiger partial charge in [-0.3, -0.25) is 4.79 Å². The van der Waals surface area contributed by atoms with Gasteiger partial charge in [0.2, 0.25) is 0 Å². The third kappa shape index (κ3) is 6.17. The second-order valence-corrected chi connectivity index (χ2v) is 4.17. The van der Waals surface area contributed by atoms with Crippen molar-refractivity contribution in [1.29, 1.82) is 0 Å². The zero-order valence-electron chi connectivity index (χ0n) is 10.1. The average Bonchev–Trinajstić information content (AvgIpc) is 2.18. The maximum absolute atomic E-state index is 11.6. The maximum Gasteiger partial charge on any atom is 0.135 e. The van der Waals surface area contributed by atoms with Crippen LogP contribution in [-0.2, 0) is 4.79 Å². The molecule has 0 N–H and O–H groups in total. The van der Waals surface area contributed by atoms with E-state index in [1.54, 1.807) is 0 Å². The van der Waals surface area contributed by atoms with Crippen molar-refractivity contribution in [3.63, 3.8) is 0 Å². The molecule has 1 nitrogen and oxygen atoms in total. The van der Waals surface area contributed by atoms with Crippen LogP contribution in [0, 0.1) is 5.92 Å². The Morgan fingerprint density at radius 3 is 2.21 bits per heavy atom. The van der Waals surface area contributed by atoms with Gasteiger partial charge in [0.05, 0.1) is 0 Å². The molecule has 0 amide bonds. The average molecular weight is 198 g/mol. The van der Waals surface area contributed by atoms with E-state index in [4.69, 9.17) is 0 Å². The minimum atomic E-state index is 0.354. The molecule has 0 fully saturated rings. The van der Waals surface area contributed by atoms with E-state index >= 15 is 0 Å². The van der Waals surface area contributed by atoms with Crippen LogP contribution in [-0.4, -0.2) is 5.78 Å². The largest absolute Gasteiger partial charge is 0.299 e. The van der Waals surface area contributed by atoms with Crippen LogP contribution in [0.1, 0.15) is 72.1 Å². The number of unbranched alkanes of at least 4 members (excludes halogenated alkanes) is 3. The van der Waals surface area contributed by atoms with Gasteiger partial charge >= 0.3 is 0 Å². The predicted octanol–water partition coefficient (Wildman–Crippen LogP) is 4.35. The van der Waals surface area contributed by atoms with Crippen LogP contribution < -0.4 is 0 Å². The van der Waals surface area contributed by atoms with Gasteiger partial charge in [0.1, 0.15) is 5.78 Å². The molecule has 14 heavy (non-hydrogen) atoms. The van der Waals surface area contributed by atoms with E-state index in [1.165, 1.54) is 25.7 Å². The highest BCUT2D eigenvalue weighted by atomic mass is 16.1. The lowest BCUT2D eigenvalue weighted by molar-refractivity contribution is -0.123. The molecule has 1 atom stereocenters. The number of carbonyl (C=O) groups is 1.